The highest BCUT2D eigenvalue weighted by atomic mass is 16.5. The Bertz CT molecular complexity index is 1380. The molecule has 4 rings (SSSR count). The highest BCUT2D eigenvalue weighted by Gasteiger charge is 2.36. The minimum atomic E-state index is -0.659. The second kappa shape index (κ2) is 12.0. The molecule has 1 heterocycles. The van der Waals surface area contributed by atoms with Crippen molar-refractivity contribution in [2.45, 2.75) is 32.2 Å². The second-order valence-electron chi connectivity index (χ2n) is 10.0. The molecule has 1 N–H and O–H groups in total. The summed E-state index contributed by atoms with van der Waals surface area (Å²) in [4.78, 5) is 46.9. The molecule has 1 atom stereocenters. The molecule has 0 spiro atoms. The molecule has 39 heavy (non-hydrogen) atoms. The fraction of sp³-hybridized carbons (Fsp3) is 0.290. The smallest absolute Gasteiger partial charge is 0.337 e. The number of esters is 1. The lowest BCUT2D eigenvalue weighted by Crippen LogP contribution is -2.38. The third-order valence-electron chi connectivity index (χ3n) is 6.58. The molecule has 0 saturated heterocycles. The molecule has 0 aromatic heterocycles. The zero-order chi connectivity index (χ0) is 28.1. The topological polar surface area (TPSA) is 91.3 Å². The summed E-state index contributed by atoms with van der Waals surface area (Å²) in [6.45, 7) is 4.67. The molecule has 1 aliphatic rings. The van der Waals surface area contributed by atoms with Gasteiger partial charge < -0.3 is 19.9 Å². The van der Waals surface area contributed by atoms with Gasteiger partial charge in [0, 0.05) is 30.4 Å². The van der Waals surface area contributed by atoms with Gasteiger partial charge in [0.05, 0.1) is 24.1 Å². The van der Waals surface area contributed by atoms with E-state index in [0.717, 1.165) is 16.8 Å². The van der Waals surface area contributed by atoms with Gasteiger partial charge >= 0.3 is 5.97 Å². The van der Waals surface area contributed by atoms with Crippen molar-refractivity contribution >= 4 is 40.6 Å². The van der Waals surface area contributed by atoms with E-state index in [0.29, 0.717) is 35.6 Å². The molecule has 1 unspecified atom stereocenters. The Labute approximate surface area is 229 Å². The van der Waals surface area contributed by atoms with E-state index >= 15 is 0 Å². The zero-order valence-electron chi connectivity index (χ0n) is 23.0. The molecule has 2 amide bonds. The van der Waals surface area contributed by atoms with Crippen LogP contribution in [0.1, 0.15) is 47.7 Å². The van der Waals surface area contributed by atoms with Crippen LogP contribution >= 0.6 is 0 Å². The van der Waals surface area contributed by atoms with Crippen LogP contribution in [0.5, 0.6) is 0 Å². The number of nitrogens with zero attached hydrogens (tertiary/aromatic N) is 3. The monoisotopic (exact) mass is 526 g/mol. The van der Waals surface area contributed by atoms with Crippen LogP contribution in [0.3, 0.4) is 0 Å². The van der Waals surface area contributed by atoms with E-state index in [4.69, 9.17) is 9.73 Å². The van der Waals surface area contributed by atoms with Gasteiger partial charge in [-0.3, -0.25) is 14.6 Å². The number of hydrogen-bond donors (Lipinski definition) is 1. The summed E-state index contributed by atoms with van der Waals surface area (Å²) in [7, 11) is 5.22. The van der Waals surface area contributed by atoms with Crippen LogP contribution < -0.4 is 10.2 Å². The van der Waals surface area contributed by atoms with E-state index < -0.39 is 11.9 Å². The number of aliphatic imine (C=N–C) groups is 1. The molecule has 0 bridgehead atoms. The normalized spacial score (nSPS) is 14.8. The fourth-order valence-electron chi connectivity index (χ4n) is 4.68. The predicted octanol–water partition coefficient (Wildman–Crippen LogP) is 5.02. The minimum absolute atomic E-state index is 0.00228. The van der Waals surface area contributed by atoms with E-state index in [9.17, 15) is 14.4 Å². The molecule has 1 aliphatic heterocycles. The lowest BCUT2D eigenvalue weighted by atomic mass is 9.90. The molecule has 0 saturated carbocycles. The second-order valence-corrected chi connectivity index (χ2v) is 10.0. The summed E-state index contributed by atoms with van der Waals surface area (Å²) in [6.07, 6.45) is 0.428. The number of carbonyl (C=O) groups is 3. The van der Waals surface area contributed by atoms with Gasteiger partial charge in [-0.1, -0.05) is 36.4 Å². The van der Waals surface area contributed by atoms with E-state index in [-0.39, 0.29) is 17.9 Å². The number of hydrogen-bond acceptors (Lipinski definition) is 6. The van der Waals surface area contributed by atoms with E-state index in [1.807, 2.05) is 87.4 Å². The first kappa shape index (κ1) is 27.7. The number of nitrogens with one attached hydrogen (secondary N) is 1. The molecular weight excluding hydrogens is 492 g/mol. The van der Waals surface area contributed by atoms with E-state index in [2.05, 4.69) is 5.32 Å². The number of fused-ring (bicyclic) bond motifs is 1. The van der Waals surface area contributed by atoms with Gasteiger partial charge in [0.25, 0.3) is 0 Å². The van der Waals surface area contributed by atoms with Crippen LogP contribution in [0.25, 0.3) is 0 Å². The molecule has 202 valence electrons. The van der Waals surface area contributed by atoms with Crippen molar-refractivity contribution in [1.82, 2.24) is 4.90 Å². The number of methoxy groups -OCH3 is 1. The van der Waals surface area contributed by atoms with Gasteiger partial charge in [-0.05, 0) is 75.5 Å². The van der Waals surface area contributed by atoms with Crippen LogP contribution in [0.2, 0.25) is 0 Å². The third-order valence-corrected chi connectivity index (χ3v) is 6.58. The van der Waals surface area contributed by atoms with Gasteiger partial charge in [0.2, 0.25) is 11.8 Å². The molecule has 0 fully saturated rings. The van der Waals surface area contributed by atoms with Crippen molar-refractivity contribution in [2.75, 3.05) is 38.0 Å². The van der Waals surface area contributed by atoms with Crippen LogP contribution in [0, 0.1) is 0 Å². The maximum absolute atomic E-state index is 13.2. The quantitative estimate of drug-likeness (QED) is 0.312. The predicted molar refractivity (Wildman–Crippen MR) is 154 cm³/mol. The summed E-state index contributed by atoms with van der Waals surface area (Å²) >= 11 is 0. The van der Waals surface area contributed by atoms with Crippen molar-refractivity contribution < 1.29 is 19.1 Å². The first-order valence-corrected chi connectivity index (χ1v) is 12.9. The lowest BCUT2D eigenvalue weighted by molar-refractivity contribution is -0.119. The molecule has 8 heteroatoms. The summed E-state index contributed by atoms with van der Waals surface area (Å²) in [5.74, 6) is -1.29. The summed E-state index contributed by atoms with van der Waals surface area (Å²) < 4.78 is 4.82. The Kier molecular flexibility index (Phi) is 8.56. The van der Waals surface area contributed by atoms with E-state index in [1.54, 1.807) is 23.1 Å². The van der Waals surface area contributed by atoms with Crippen molar-refractivity contribution in [3.63, 3.8) is 0 Å². The molecule has 0 aliphatic carbocycles. The van der Waals surface area contributed by atoms with Crippen molar-refractivity contribution in [1.29, 1.82) is 0 Å². The minimum Gasteiger partial charge on any atom is -0.465 e. The number of ether oxygens (including phenoxy) is 1. The van der Waals surface area contributed by atoms with Crippen LogP contribution in [0.4, 0.5) is 17.1 Å². The van der Waals surface area contributed by atoms with Gasteiger partial charge in [0.1, 0.15) is 5.92 Å². The number of carbonyl (C=O) groups excluding carboxylic acids is 3. The van der Waals surface area contributed by atoms with Gasteiger partial charge in [0.15, 0.2) is 0 Å². The first-order chi connectivity index (χ1) is 18.7. The van der Waals surface area contributed by atoms with Gasteiger partial charge in [-0.2, -0.15) is 0 Å². The Hall–Kier alpha value is -4.30. The SMILES string of the molecule is COC(=O)c1ccc2c(c1)NC(=O)C2C(=Nc1ccc(N(C(=O)CCN(C)C)C(C)C)cc1)c1ccccc1. The standard InChI is InChI=1S/C31H34N4O4/c1-20(2)35(27(36)17-18-34(3)4)24-14-12-23(13-15-24)32-29(21-9-7-6-8-10-21)28-25-16-11-22(31(38)39-5)19-26(25)33-30(28)37/h6-16,19-20,28H,17-18H2,1-5H3,(H,33,37). The van der Waals surface area contributed by atoms with Gasteiger partial charge in [-0.25, -0.2) is 4.79 Å². The molecule has 0 radical (unpaired) electrons. The fourth-order valence-corrected chi connectivity index (χ4v) is 4.68. The maximum Gasteiger partial charge on any atom is 0.337 e. The Morgan fingerprint density at radius 3 is 2.28 bits per heavy atom. The molecular formula is C31H34N4O4. The number of anilines is 2. The molecule has 3 aromatic rings. The average Bonchev–Trinajstić information content (AvgIpc) is 3.25. The lowest BCUT2D eigenvalue weighted by Gasteiger charge is -2.27. The van der Waals surface area contributed by atoms with Crippen LogP contribution in [-0.4, -0.2) is 62.2 Å². The first-order valence-electron chi connectivity index (χ1n) is 12.9. The zero-order valence-corrected chi connectivity index (χ0v) is 23.0. The van der Waals surface area contributed by atoms with E-state index in [1.165, 1.54) is 7.11 Å². The summed E-state index contributed by atoms with van der Waals surface area (Å²) in [5.41, 5.74) is 4.53. The number of benzene rings is 3. The Balaban J connectivity index is 1.70. The van der Waals surface area contributed by atoms with Crippen LogP contribution in [0.15, 0.2) is 77.8 Å². The summed E-state index contributed by atoms with van der Waals surface area (Å²) in [6, 6.07) is 22.1. The van der Waals surface area contributed by atoms with Crippen molar-refractivity contribution in [3.8, 4) is 0 Å². The summed E-state index contributed by atoms with van der Waals surface area (Å²) in [5, 5.41) is 2.90. The molecule has 8 nitrogen and oxygen atoms in total. The van der Waals surface area contributed by atoms with Gasteiger partial charge in [-0.15, -0.1) is 0 Å². The third kappa shape index (κ3) is 6.23. The Morgan fingerprint density at radius 2 is 1.67 bits per heavy atom. The Morgan fingerprint density at radius 1 is 0.974 bits per heavy atom. The van der Waals surface area contributed by atoms with Crippen molar-refractivity contribution in [3.05, 3.63) is 89.5 Å². The average molecular weight is 527 g/mol. The number of rotatable bonds is 9. The van der Waals surface area contributed by atoms with Crippen molar-refractivity contribution in [2.24, 2.45) is 4.99 Å². The number of amides is 2. The highest BCUT2D eigenvalue weighted by molar-refractivity contribution is 6.24. The highest BCUT2D eigenvalue weighted by Crippen LogP contribution is 2.37. The van der Waals surface area contributed by atoms with Crippen LogP contribution in [-0.2, 0) is 14.3 Å². The largest absolute Gasteiger partial charge is 0.465 e. The molecule has 3 aromatic carbocycles. The maximum atomic E-state index is 13.2.